The molecule has 0 spiro atoms. The molecule has 0 N–H and O–H groups in total. The second-order valence-corrected chi connectivity index (χ2v) is 4.31. The number of aromatic nitrogens is 1. The Morgan fingerprint density at radius 1 is 1.35 bits per heavy atom. The van der Waals surface area contributed by atoms with Crippen molar-refractivity contribution in [3.05, 3.63) is 35.2 Å². The predicted molar refractivity (Wildman–Crippen MR) is 65.2 cm³/mol. The van der Waals surface area contributed by atoms with Gasteiger partial charge < -0.3 is 9.64 Å². The summed E-state index contributed by atoms with van der Waals surface area (Å²) >= 11 is 0. The summed E-state index contributed by atoms with van der Waals surface area (Å²) < 4.78 is 5.05. The van der Waals surface area contributed by atoms with Crippen LogP contribution in [0, 0.1) is 0 Å². The fourth-order valence-electron chi connectivity index (χ4n) is 1.95. The van der Waals surface area contributed by atoms with Gasteiger partial charge in [0.2, 0.25) is 11.7 Å². The molecule has 0 saturated heterocycles. The predicted octanol–water partition coefficient (Wildman–Crippen LogP) is 1.66. The van der Waals surface area contributed by atoms with Gasteiger partial charge in [-0.2, -0.15) is 0 Å². The molecule has 0 aromatic carbocycles. The number of hydrogen-bond donors (Lipinski definition) is 0. The Labute approximate surface area is 101 Å². The maximum Gasteiger partial charge on any atom is 0.213 e. The van der Waals surface area contributed by atoms with E-state index in [-0.39, 0.29) is 5.78 Å². The van der Waals surface area contributed by atoms with Crippen LogP contribution in [0.15, 0.2) is 23.9 Å². The first-order valence-corrected chi connectivity index (χ1v) is 5.57. The van der Waals surface area contributed by atoms with Crippen LogP contribution in [-0.2, 0) is 6.42 Å². The van der Waals surface area contributed by atoms with Gasteiger partial charge in [0.15, 0.2) is 0 Å². The number of hydrogen-bond acceptors (Lipinski definition) is 4. The number of Topliss-reactive ketones (excluding diaryl/α,β-unsaturated/α-hetero) is 1. The monoisotopic (exact) mass is 232 g/mol. The molecule has 1 aliphatic rings. The number of pyridine rings is 1. The molecule has 0 unspecified atom stereocenters. The van der Waals surface area contributed by atoms with Crippen molar-refractivity contribution < 1.29 is 9.53 Å². The van der Waals surface area contributed by atoms with E-state index in [1.807, 2.05) is 31.3 Å². The zero-order chi connectivity index (χ0) is 12.4. The molecule has 0 radical (unpaired) electrons. The number of carbonyl (C=O) groups is 1. The fourth-order valence-corrected chi connectivity index (χ4v) is 1.95. The van der Waals surface area contributed by atoms with E-state index in [1.54, 1.807) is 13.2 Å². The van der Waals surface area contributed by atoms with Crippen molar-refractivity contribution in [2.24, 2.45) is 0 Å². The minimum atomic E-state index is 0.0128. The number of carbonyl (C=O) groups excluding carboxylic acids is 1. The molecule has 1 aromatic heterocycles. The maximum absolute atomic E-state index is 12.2. The van der Waals surface area contributed by atoms with Gasteiger partial charge in [0.1, 0.15) is 5.69 Å². The second-order valence-electron chi connectivity index (χ2n) is 4.31. The fraction of sp³-hybridized carbons (Fsp3) is 0.385. The zero-order valence-electron chi connectivity index (χ0n) is 10.4. The van der Waals surface area contributed by atoms with E-state index in [9.17, 15) is 4.79 Å². The van der Waals surface area contributed by atoms with E-state index in [0.29, 0.717) is 11.6 Å². The Kier molecular flexibility index (Phi) is 3.13. The first kappa shape index (κ1) is 11.6. The molecular weight excluding hydrogens is 216 g/mol. The lowest BCUT2D eigenvalue weighted by Crippen LogP contribution is -2.18. The first-order chi connectivity index (χ1) is 8.11. The molecule has 0 bridgehead atoms. The molecule has 0 saturated carbocycles. The molecule has 0 fully saturated rings. The second kappa shape index (κ2) is 4.57. The van der Waals surface area contributed by atoms with Crippen LogP contribution in [0.3, 0.4) is 0 Å². The highest BCUT2D eigenvalue weighted by Gasteiger charge is 2.24. The summed E-state index contributed by atoms with van der Waals surface area (Å²) in [6, 6.07) is 3.72. The van der Waals surface area contributed by atoms with Crippen molar-refractivity contribution in [3.8, 4) is 5.88 Å². The van der Waals surface area contributed by atoms with Gasteiger partial charge in [-0.3, -0.25) is 4.79 Å². The quantitative estimate of drug-likeness (QED) is 0.727. The van der Waals surface area contributed by atoms with Crippen LogP contribution < -0.4 is 4.74 Å². The van der Waals surface area contributed by atoms with Gasteiger partial charge in [0, 0.05) is 31.9 Å². The van der Waals surface area contributed by atoms with Crippen LogP contribution in [0.25, 0.3) is 0 Å². The number of rotatable bonds is 2. The third kappa shape index (κ3) is 2.30. The molecule has 4 nitrogen and oxygen atoms in total. The van der Waals surface area contributed by atoms with Crippen molar-refractivity contribution in [1.82, 2.24) is 9.88 Å². The Bertz CT molecular complexity index is 478. The number of allylic oxidation sites excluding steroid dienone is 1. The topological polar surface area (TPSA) is 42.4 Å². The molecule has 0 atom stereocenters. The molecule has 1 aliphatic carbocycles. The zero-order valence-corrected chi connectivity index (χ0v) is 10.4. The number of nitrogens with zero attached hydrogens (tertiary/aromatic N) is 2. The molecule has 1 heterocycles. The van der Waals surface area contributed by atoms with Crippen molar-refractivity contribution in [1.29, 1.82) is 0 Å². The molecule has 2 rings (SSSR count). The third-order valence-electron chi connectivity index (χ3n) is 2.75. The van der Waals surface area contributed by atoms with Gasteiger partial charge in [-0.05, 0) is 18.4 Å². The first-order valence-electron chi connectivity index (χ1n) is 5.57. The highest BCUT2D eigenvalue weighted by molar-refractivity contribution is 6.09. The number of methoxy groups -OCH3 is 1. The Hall–Kier alpha value is -1.84. The van der Waals surface area contributed by atoms with Crippen molar-refractivity contribution in [2.45, 2.75) is 12.8 Å². The Morgan fingerprint density at radius 2 is 2.12 bits per heavy atom. The molecule has 90 valence electrons. The number of ether oxygens (including phenoxy) is 1. The molecule has 0 amide bonds. The van der Waals surface area contributed by atoms with Crippen molar-refractivity contribution >= 4 is 5.78 Å². The largest absolute Gasteiger partial charge is 0.481 e. The van der Waals surface area contributed by atoms with E-state index in [0.717, 1.165) is 24.0 Å². The normalized spacial score (nSPS) is 16.9. The summed E-state index contributed by atoms with van der Waals surface area (Å²) in [7, 11) is 5.38. The molecular formula is C13H16N2O2. The Balaban J connectivity index is 2.40. The van der Waals surface area contributed by atoms with Gasteiger partial charge >= 0.3 is 0 Å². The highest BCUT2D eigenvalue weighted by Crippen LogP contribution is 2.25. The summed E-state index contributed by atoms with van der Waals surface area (Å²) in [4.78, 5) is 18.3. The SMILES string of the molecule is COc1ccc2c(n1)C(=O)/C(=C/N(C)C)CC2. The van der Waals surface area contributed by atoms with Gasteiger partial charge in [0.05, 0.1) is 7.11 Å². The Morgan fingerprint density at radius 3 is 2.76 bits per heavy atom. The van der Waals surface area contributed by atoms with E-state index in [1.165, 1.54) is 0 Å². The maximum atomic E-state index is 12.2. The van der Waals surface area contributed by atoms with Crippen LogP contribution in [0.2, 0.25) is 0 Å². The van der Waals surface area contributed by atoms with Gasteiger partial charge in [-0.25, -0.2) is 4.98 Å². The average Bonchev–Trinajstić information content (AvgIpc) is 2.32. The average molecular weight is 232 g/mol. The van der Waals surface area contributed by atoms with E-state index < -0.39 is 0 Å². The number of fused-ring (bicyclic) bond motifs is 1. The lowest BCUT2D eigenvalue weighted by atomic mass is 9.91. The standard InChI is InChI=1S/C13H16N2O2/c1-15(2)8-10-5-4-9-6-7-11(17-3)14-12(9)13(10)16/h6-8H,4-5H2,1-3H3/b10-8+. The minimum absolute atomic E-state index is 0.0128. The van der Waals surface area contributed by atoms with Gasteiger partial charge in [-0.15, -0.1) is 0 Å². The molecule has 0 aliphatic heterocycles. The minimum Gasteiger partial charge on any atom is -0.481 e. The summed E-state index contributed by atoms with van der Waals surface area (Å²) in [6.45, 7) is 0. The van der Waals surface area contributed by atoms with Gasteiger partial charge in [-0.1, -0.05) is 6.07 Å². The summed E-state index contributed by atoms with van der Waals surface area (Å²) in [5, 5.41) is 0. The molecule has 4 heteroatoms. The number of aryl methyl sites for hydroxylation is 1. The lowest BCUT2D eigenvalue weighted by molar-refractivity contribution is 0.101. The van der Waals surface area contributed by atoms with Crippen LogP contribution in [0.1, 0.15) is 22.5 Å². The summed E-state index contributed by atoms with van der Waals surface area (Å²) in [6.07, 6.45) is 3.50. The summed E-state index contributed by atoms with van der Waals surface area (Å²) in [5.74, 6) is 0.502. The van der Waals surface area contributed by atoms with E-state index >= 15 is 0 Å². The van der Waals surface area contributed by atoms with Crippen LogP contribution in [0.4, 0.5) is 0 Å². The van der Waals surface area contributed by atoms with Crippen molar-refractivity contribution in [2.75, 3.05) is 21.2 Å². The number of ketones is 1. The molecule has 1 aromatic rings. The smallest absolute Gasteiger partial charge is 0.213 e. The third-order valence-corrected chi connectivity index (χ3v) is 2.75. The van der Waals surface area contributed by atoms with Crippen LogP contribution in [-0.4, -0.2) is 36.9 Å². The highest BCUT2D eigenvalue weighted by atomic mass is 16.5. The van der Waals surface area contributed by atoms with Crippen molar-refractivity contribution in [3.63, 3.8) is 0 Å². The van der Waals surface area contributed by atoms with Crippen LogP contribution in [0.5, 0.6) is 5.88 Å². The van der Waals surface area contributed by atoms with Gasteiger partial charge in [0.25, 0.3) is 0 Å². The van der Waals surface area contributed by atoms with Crippen LogP contribution >= 0.6 is 0 Å². The van der Waals surface area contributed by atoms with E-state index in [4.69, 9.17) is 4.74 Å². The molecule has 17 heavy (non-hydrogen) atoms. The van der Waals surface area contributed by atoms with E-state index in [2.05, 4.69) is 4.98 Å². The summed E-state index contributed by atoms with van der Waals surface area (Å²) in [5.41, 5.74) is 2.35. The lowest BCUT2D eigenvalue weighted by Gasteiger charge is -2.18.